The zero-order valence-electron chi connectivity index (χ0n) is 13.5. The number of benzene rings is 1. The van der Waals surface area contributed by atoms with Gasteiger partial charge in [-0.15, -0.1) is 0 Å². The fourth-order valence-corrected chi connectivity index (χ4v) is 2.57. The lowest BCUT2D eigenvalue weighted by Gasteiger charge is -2.33. The molecule has 0 saturated carbocycles. The second-order valence-electron chi connectivity index (χ2n) is 5.93. The Morgan fingerprint density at radius 1 is 1.09 bits per heavy atom. The molecule has 2 rings (SSSR count). The first-order valence-corrected chi connectivity index (χ1v) is 7.69. The number of amides is 1. The van der Waals surface area contributed by atoms with Gasteiger partial charge in [0.15, 0.2) is 5.78 Å². The van der Waals surface area contributed by atoms with E-state index in [4.69, 9.17) is 4.74 Å². The van der Waals surface area contributed by atoms with Crippen LogP contribution in [0.2, 0.25) is 0 Å². The molecule has 0 bridgehead atoms. The molecule has 5 heteroatoms. The van der Waals surface area contributed by atoms with Crippen molar-refractivity contribution in [1.82, 2.24) is 9.80 Å². The fraction of sp³-hybridized carbons (Fsp3) is 0.529. The number of Topliss-reactive ketones (excluding diaryl/α,β-unsaturated/α-hetero) is 1. The van der Waals surface area contributed by atoms with Crippen LogP contribution in [0.1, 0.15) is 35.7 Å². The van der Waals surface area contributed by atoms with Crippen molar-refractivity contribution in [2.24, 2.45) is 0 Å². The lowest BCUT2D eigenvalue weighted by Crippen LogP contribution is -2.49. The summed E-state index contributed by atoms with van der Waals surface area (Å²) in [6, 6.07) is 7.85. The van der Waals surface area contributed by atoms with Crippen LogP contribution in [-0.2, 0) is 4.74 Å². The van der Waals surface area contributed by atoms with Crippen molar-refractivity contribution >= 4 is 11.9 Å². The maximum Gasteiger partial charge on any atom is 0.409 e. The molecule has 0 N–H and O–H groups in total. The Balaban J connectivity index is 1.86. The van der Waals surface area contributed by atoms with Crippen LogP contribution in [0.3, 0.4) is 0 Å². The van der Waals surface area contributed by atoms with E-state index in [9.17, 15) is 9.59 Å². The molecule has 0 atom stereocenters. The third kappa shape index (κ3) is 4.07. The fourth-order valence-electron chi connectivity index (χ4n) is 2.57. The Labute approximate surface area is 131 Å². The number of piperazine rings is 1. The molecule has 22 heavy (non-hydrogen) atoms. The Bertz CT molecular complexity index is 517. The Hall–Kier alpha value is -1.88. The first-order chi connectivity index (χ1) is 10.5. The first-order valence-electron chi connectivity index (χ1n) is 7.69. The summed E-state index contributed by atoms with van der Waals surface area (Å²) in [6.07, 6.45) is -0.296. The number of hydrogen-bond donors (Lipinski definition) is 0. The first kappa shape index (κ1) is 16.5. The molecule has 1 saturated heterocycles. The third-order valence-corrected chi connectivity index (χ3v) is 4.07. The highest BCUT2D eigenvalue weighted by atomic mass is 16.5. The summed E-state index contributed by atoms with van der Waals surface area (Å²) in [5, 5.41) is 0. The number of ether oxygens (including phenoxy) is 1. The minimum Gasteiger partial charge on any atom is -0.453 e. The van der Waals surface area contributed by atoms with Crippen molar-refractivity contribution in [3.05, 3.63) is 35.4 Å². The predicted molar refractivity (Wildman–Crippen MR) is 85.3 cm³/mol. The van der Waals surface area contributed by atoms with Crippen LogP contribution in [0.4, 0.5) is 4.79 Å². The molecule has 5 nitrogen and oxygen atoms in total. The molecule has 1 aliphatic heterocycles. The van der Waals surface area contributed by atoms with E-state index in [1.807, 2.05) is 24.3 Å². The van der Waals surface area contributed by atoms with E-state index in [0.29, 0.717) is 38.6 Å². The quantitative estimate of drug-likeness (QED) is 0.801. The van der Waals surface area contributed by atoms with Gasteiger partial charge in [-0.05, 0) is 11.5 Å². The van der Waals surface area contributed by atoms with Crippen LogP contribution < -0.4 is 0 Å². The molecule has 1 aromatic carbocycles. The van der Waals surface area contributed by atoms with E-state index >= 15 is 0 Å². The Morgan fingerprint density at radius 2 is 1.68 bits per heavy atom. The summed E-state index contributed by atoms with van der Waals surface area (Å²) in [4.78, 5) is 27.5. The molecule has 1 amide bonds. The van der Waals surface area contributed by atoms with Gasteiger partial charge < -0.3 is 9.64 Å². The van der Waals surface area contributed by atoms with Crippen molar-refractivity contribution in [2.75, 3.05) is 39.8 Å². The Morgan fingerprint density at radius 3 is 2.18 bits per heavy atom. The van der Waals surface area contributed by atoms with E-state index < -0.39 is 0 Å². The van der Waals surface area contributed by atoms with Crippen molar-refractivity contribution in [1.29, 1.82) is 0 Å². The summed E-state index contributed by atoms with van der Waals surface area (Å²) in [5.74, 6) is 0.595. The van der Waals surface area contributed by atoms with Crippen molar-refractivity contribution in [3.63, 3.8) is 0 Å². The van der Waals surface area contributed by atoms with E-state index in [0.717, 1.165) is 5.56 Å². The van der Waals surface area contributed by atoms with E-state index in [2.05, 4.69) is 18.7 Å². The highest BCUT2D eigenvalue weighted by Gasteiger charge is 2.23. The van der Waals surface area contributed by atoms with Crippen LogP contribution in [0.5, 0.6) is 0 Å². The summed E-state index contributed by atoms with van der Waals surface area (Å²) in [5.41, 5.74) is 1.99. The minimum atomic E-state index is -0.296. The average molecular weight is 304 g/mol. The van der Waals surface area contributed by atoms with Gasteiger partial charge >= 0.3 is 6.09 Å². The number of hydrogen-bond acceptors (Lipinski definition) is 4. The van der Waals surface area contributed by atoms with Gasteiger partial charge in [-0.1, -0.05) is 38.1 Å². The third-order valence-electron chi connectivity index (χ3n) is 4.07. The van der Waals surface area contributed by atoms with Gasteiger partial charge in [-0.25, -0.2) is 4.79 Å². The van der Waals surface area contributed by atoms with E-state index in [1.165, 1.54) is 12.7 Å². The van der Waals surface area contributed by atoms with Gasteiger partial charge in [0, 0.05) is 31.7 Å². The van der Waals surface area contributed by atoms with Crippen molar-refractivity contribution in [3.8, 4) is 0 Å². The van der Waals surface area contributed by atoms with Crippen LogP contribution in [0.15, 0.2) is 24.3 Å². The highest BCUT2D eigenvalue weighted by Crippen LogP contribution is 2.15. The monoisotopic (exact) mass is 304 g/mol. The molecule has 0 spiro atoms. The van der Waals surface area contributed by atoms with Gasteiger partial charge in [0.05, 0.1) is 13.7 Å². The summed E-state index contributed by atoms with van der Waals surface area (Å²) in [6.45, 7) is 7.28. The molecule has 1 aromatic rings. The van der Waals surface area contributed by atoms with Gasteiger partial charge in [-0.2, -0.15) is 0 Å². The van der Waals surface area contributed by atoms with Gasteiger partial charge in [0.25, 0.3) is 0 Å². The molecule has 0 aliphatic carbocycles. The summed E-state index contributed by atoms with van der Waals surface area (Å²) >= 11 is 0. The topological polar surface area (TPSA) is 49.9 Å². The number of ketones is 1. The summed E-state index contributed by atoms with van der Waals surface area (Å²) in [7, 11) is 1.39. The molecule has 120 valence electrons. The largest absolute Gasteiger partial charge is 0.453 e. The maximum absolute atomic E-state index is 12.3. The zero-order chi connectivity index (χ0) is 16.1. The number of nitrogens with zero attached hydrogens (tertiary/aromatic N) is 2. The van der Waals surface area contributed by atoms with Gasteiger partial charge in [0.1, 0.15) is 0 Å². The second-order valence-corrected chi connectivity index (χ2v) is 5.93. The molecule has 1 heterocycles. The van der Waals surface area contributed by atoms with Crippen molar-refractivity contribution < 1.29 is 14.3 Å². The van der Waals surface area contributed by atoms with Crippen molar-refractivity contribution in [2.45, 2.75) is 19.8 Å². The highest BCUT2D eigenvalue weighted by molar-refractivity contribution is 5.97. The lowest BCUT2D eigenvalue weighted by molar-refractivity contribution is 0.0790. The van der Waals surface area contributed by atoms with Crippen LogP contribution in [0.25, 0.3) is 0 Å². The second kappa shape index (κ2) is 7.40. The number of carbonyl (C=O) groups excluding carboxylic acids is 2. The average Bonchev–Trinajstić information content (AvgIpc) is 2.54. The molecular weight excluding hydrogens is 280 g/mol. The number of rotatable bonds is 4. The maximum atomic E-state index is 12.3. The number of carbonyl (C=O) groups is 2. The Kier molecular flexibility index (Phi) is 5.55. The van der Waals surface area contributed by atoms with Gasteiger partial charge in [0.2, 0.25) is 0 Å². The van der Waals surface area contributed by atoms with Crippen LogP contribution in [-0.4, -0.2) is 61.5 Å². The SMILES string of the molecule is COC(=O)N1CCN(CC(=O)c2ccc(C(C)C)cc2)CC1. The molecule has 1 fully saturated rings. The van der Waals surface area contributed by atoms with E-state index in [1.54, 1.807) is 4.90 Å². The standard InChI is InChI=1S/C17H24N2O3/c1-13(2)14-4-6-15(7-5-14)16(20)12-18-8-10-19(11-9-18)17(21)22-3/h4-7,13H,8-12H2,1-3H3. The van der Waals surface area contributed by atoms with E-state index in [-0.39, 0.29) is 11.9 Å². The molecule has 0 radical (unpaired) electrons. The molecule has 0 unspecified atom stereocenters. The minimum absolute atomic E-state index is 0.127. The van der Waals surface area contributed by atoms with Crippen LogP contribution >= 0.6 is 0 Å². The summed E-state index contributed by atoms with van der Waals surface area (Å²) < 4.78 is 4.71. The molecular formula is C17H24N2O3. The predicted octanol–water partition coefficient (Wildman–Crippen LogP) is 2.38. The smallest absolute Gasteiger partial charge is 0.409 e. The normalized spacial score (nSPS) is 15.9. The molecule has 1 aliphatic rings. The number of methoxy groups -OCH3 is 1. The van der Waals surface area contributed by atoms with Crippen LogP contribution in [0, 0.1) is 0 Å². The zero-order valence-corrected chi connectivity index (χ0v) is 13.5. The lowest BCUT2D eigenvalue weighted by atomic mass is 10.0. The van der Waals surface area contributed by atoms with Gasteiger partial charge in [-0.3, -0.25) is 9.69 Å². The molecule has 0 aromatic heterocycles.